The van der Waals surface area contributed by atoms with Crippen LogP contribution in [0.1, 0.15) is 39.5 Å². The molecule has 0 amide bonds. The van der Waals surface area contributed by atoms with Gasteiger partial charge in [-0.2, -0.15) is 0 Å². The number of rotatable bonds is 7. The number of hydrogen-bond acceptors (Lipinski definition) is 5. The van der Waals surface area contributed by atoms with Gasteiger partial charge in [-0.3, -0.25) is 4.90 Å². The normalized spacial score (nSPS) is 31.5. The summed E-state index contributed by atoms with van der Waals surface area (Å²) >= 11 is 0. The lowest BCUT2D eigenvalue weighted by Gasteiger charge is -2.41. The molecule has 1 aliphatic carbocycles. The molecule has 3 rings (SSSR count). The van der Waals surface area contributed by atoms with Crippen molar-refractivity contribution >= 4 is 0 Å². The third-order valence-corrected chi connectivity index (χ3v) is 5.76. The quantitative estimate of drug-likeness (QED) is 0.704. The van der Waals surface area contributed by atoms with Gasteiger partial charge in [-0.25, -0.2) is 0 Å². The standard InChI is InChI=1S/C19H37N3O2/c1-16(2)23-18-14-19(15-18)24-17-4-6-21(7-5-17)12-13-22-10-8-20(3)9-11-22/h16-19H,4-15H2,1-3H3. The monoisotopic (exact) mass is 339 g/mol. The van der Waals surface area contributed by atoms with Crippen LogP contribution in [0.25, 0.3) is 0 Å². The average molecular weight is 340 g/mol. The highest BCUT2D eigenvalue weighted by Gasteiger charge is 2.34. The molecule has 0 aromatic rings. The molecule has 0 radical (unpaired) electrons. The summed E-state index contributed by atoms with van der Waals surface area (Å²) in [6.07, 6.45) is 6.33. The molecule has 2 saturated heterocycles. The number of likely N-dealkylation sites (tertiary alicyclic amines) is 1. The van der Waals surface area contributed by atoms with E-state index in [1.165, 1.54) is 65.2 Å². The van der Waals surface area contributed by atoms with Crippen molar-refractivity contribution in [3.8, 4) is 0 Å². The maximum Gasteiger partial charge on any atom is 0.0628 e. The first-order valence-corrected chi connectivity index (χ1v) is 10.0. The molecule has 0 unspecified atom stereocenters. The Labute approximate surface area is 148 Å². The van der Waals surface area contributed by atoms with Crippen molar-refractivity contribution in [1.82, 2.24) is 14.7 Å². The van der Waals surface area contributed by atoms with E-state index in [2.05, 4.69) is 35.6 Å². The minimum atomic E-state index is 0.347. The Morgan fingerprint density at radius 1 is 0.792 bits per heavy atom. The second-order valence-corrected chi connectivity index (χ2v) is 8.22. The van der Waals surface area contributed by atoms with Gasteiger partial charge in [-0.05, 0) is 46.6 Å². The average Bonchev–Trinajstić information content (AvgIpc) is 2.53. The summed E-state index contributed by atoms with van der Waals surface area (Å²) in [6.45, 7) is 14.0. The van der Waals surface area contributed by atoms with Gasteiger partial charge in [-0.1, -0.05) is 0 Å². The van der Waals surface area contributed by atoms with Gasteiger partial charge in [0, 0.05) is 52.4 Å². The van der Waals surface area contributed by atoms with E-state index in [1.807, 2.05) is 0 Å². The van der Waals surface area contributed by atoms with E-state index < -0.39 is 0 Å². The first kappa shape index (κ1) is 18.6. The van der Waals surface area contributed by atoms with Gasteiger partial charge in [0.1, 0.15) is 0 Å². The molecule has 0 bridgehead atoms. The number of piperidine rings is 1. The van der Waals surface area contributed by atoms with Crippen molar-refractivity contribution < 1.29 is 9.47 Å². The van der Waals surface area contributed by atoms with Gasteiger partial charge in [0.05, 0.1) is 24.4 Å². The topological polar surface area (TPSA) is 28.2 Å². The van der Waals surface area contributed by atoms with Crippen LogP contribution in [0, 0.1) is 0 Å². The van der Waals surface area contributed by atoms with E-state index in [9.17, 15) is 0 Å². The van der Waals surface area contributed by atoms with Crippen LogP contribution in [0.15, 0.2) is 0 Å². The van der Waals surface area contributed by atoms with Gasteiger partial charge < -0.3 is 19.3 Å². The van der Waals surface area contributed by atoms with E-state index in [4.69, 9.17) is 9.47 Å². The fourth-order valence-electron chi connectivity index (χ4n) is 4.02. The SMILES string of the molecule is CC(C)OC1CC(OC2CCN(CCN3CCN(C)CC3)CC2)C1. The van der Waals surface area contributed by atoms with E-state index in [0.717, 1.165) is 12.8 Å². The number of piperazine rings is 1. The van der Waals surface area contributed by atoms with Crippen LogP contribution in [-0.4, -0.2) is 98.5 Å². The lowest BCUT2D eigenvalue weighted by Crippen LogP contribution is -2.48. The van der Waals surface area contributed by atoms with Crippen molar-refractivity contribution in [2.24, 2.45) is 0 Å². The largest absolute Gasteiger partial charge is 0.375 e. The lowest BCUT2D eigenvalue weighted by atomic mass is 9.91. The Bertz CT molecular complexity index is 358. The molecule has 0 aromatic carbocycles. The van der Waals surface area contributed by atoms with Crippen molar-refractivity contribution in [3.05, 3.63) is 0 Å². The van der Waals surface area contributed by atoms with Crippen LogP contribution in [0.3, 0.4) is 0 Å². The van der Waals surface area contributed by atoms with E-state index in [-0.39, 0.29) is 0 Å². The van der Waals surface area contributed by atoms with E-state index in [0.29, 0.717) is 24.4 Å². The number of ether oxygens (including phenoxy) is 2. The molecule has 0 N–H and O–H groups in total. The second kappa shape index (κ2) is 8.95. The van der Waals surface area contributed by atoms with Crippen molar-refractivity contribution in [1.29, 1.82) is 0 Å². The Morgan fingerprint density at radius 2 is 1.38 bits per heavy atom. The Hall–Kier alpha value is -0.200. The summed E-state index contributed by atoms with van der Waals surface area (Å²) < 4.78 is 12.1. The Morgan fingerprint density at radius 3 is 1.96 bits per heavy atom. The molecule has 1 saturated carbocycles. The third kappa shape index (κ3) is 5.67. The molecule has 0 aromatic heterocycles. The second-order valence-electron chi connectivity index (χ2n) is 8.22. The lowest BCUT2D eigenvalue weighted by molar-refractivity contribution is -0.146. The molecule has 2 heterocycles. The maximum absolute atomic E-state index is 6.27. The fourth-order valence-corrected chi connectivity index (χ4v) is 4.02. The van der Waals surface area contributed by atoms with Gasteiger partial charge in [-0.15, -0.1) is 0 Å². The fraction of sp³-hybridized carbons (Fsp3) is 1.00. The summed E-state index contributed by atoms with van der Waals surface area (Å²) in [5, 5.41) is 0. The van der Waals surface area contributed by atoms with Crippen LogP contribution in [0.4, 0.5) is 0 Å². The summed E-state index contributed by atoms with van der Waals surface area (Å²) in [5.41, 5.74) is 0. The molecule has 3 aliphatic rings. The maximum atomic E-state index is 6.27. The van der Waals surface area contributed by atoms with Crippen LogP contribution in [0.5, 0.6) is 0 Å². The molecule has 5 heteroatoms. The van der Waals surface area contributed by atoms with Gasteiger partial charge in [0.2, 0.25) is 0 Å². The van der Waals surface area contributed by atoms with E-state index in [1.54, 1.807) is 0 Å². The van der Waals surface area contributed by atoms with Gasteiger partial charge in [0.25, 0.3) is 0 Å². The predicted octanol–water partition coefficient (Wildman–Crippen LogP) is 1.67. The minimum Gasteiger partial charge on any atom is -0.375 e. The minimum absolute atomic E-state index is 0.347. The molecule has 2 aliphatic heterocycles. The highest BCUT2D eigenvalue weighted by molar-refractivity contribution is 4.84. The zero-order chi connectivity index (χ0) is 16.9. The van der Waals surface area contributed by atoms with Crippen molar-refractivity contribution in [3.63, 3.8) is 0 Å². The van der Waals surface area contributed by atoms with Crippen LogP contribution >= 0.6 is 0 Å². The van der Waals surface area contributed by atoms with Crippen LogP contribution < -0.4 is 0 Å². The van der Waals surface area contributed by atoms with Crippen LogP contribution in [0.2, 0.25) is 0 Å². The number of likely N-dealkylation sites (N-methyl/N-ethyl adjacent to an activating group) is 1. The van der Waals surface area contributed by atoms with Gasteiger partial charge >= 0.3 is 0 Å². The zero-order valence-corrected chi connectivity index (χ0v) is 16.0. The molecule has 0 spiro atoms. The molecule has 140 valence electrons. The van der Waals surface area contributed by atoms with Crippen LogP contribution in [-0.2, 0) is 9.47 Å². The first-order valence-electron chi connectivity index (χ1n) is 10.0. The van der Waals surface area contributed by atoms with E-state index >= 15 is 0 Å². The molecule has 0 atom stereocenters. The number of nitrogens with zero attached hydrogens (tertiary/aromatic N) is 3. The van der Waals surface area contributed by atoms with Crippen molar-refractivity contribution in [2.45, 2.75) is 63.9 Å². The number of hydrogen-bond donors (Lipinski definition) is 0. The highest BCUT2D eigenvalue weighted by atomic mass is 16.5. The zero-order valence-electron chi connectivity index (χ0n) is 16.0. The molecule has 3 fully saturated rings. The Kier molecular flexibility index (Phi) is 6.93. The first-order chi connectivity index (χ1) is 11.6. The summed E-state index contributed by atoms with van der Waals surface area (Å²) in [6, 6.07) is 0. The molecular weight excluding hydrogens is 302 g/mol. The molecular formula is C19H37N3O2. The molecule has 5 nitrogen and oxygen atoms in total. The smallest absolute Gasteiger partial charge is 0.0628 e. The predicted molar refractivity (Wildman–Crippen MR) is 97.5 cm³/mol. The third-order valence-electron chi connectivity index (χ3n) is 5.76. The van der Waals surface area contributed by atoms with Crippen molar-refractivity contribution in [2.75, 3.05) is 59.4 Å². The summed E-state index contributed by atoms with van der Waals surface area (Å²) in [5.74, 6) is 0. The highest BCUT2D eigenvalue weighted by Crippen LogP contribution is 2.30. The van der Waals surface area contributed by atoms with Gasteiger partial charge in [0.15, 0.2) is 0 Å². The summed E-state index contributed by atoms with van der Waals surface area (Å²) in [7, 11) is 2.22. The summed E-state index contributed by atoms with van der Waals surface area (Å²) in [4.78, 5) is 7.67. The Balaban J connectivity index is 1.24. The molecule has 24 heavy (non-hydrogen) atoms.